The second-order valence-electron chi connectivity index (χ2n) is 3.17. The topological polar surface area (TPSA) is 27.7 Å². The van der Waals surface area contributed by atoms with Crippen LogP contribution in [0.25, 0.3) is 0 Å². The Hall–Kier alpha value is -0.630. The summed E-state index contributed by atoms with van der Waals surface area (Å²) >= 11 is 0. The third-order valence-electron chi connectivity index (χ3n) is 1.91. The Kier molecular flexibility index (Phi) is 3.35. The Morgan fingerprint density at radius 1 is 1.36 bits per heavy atom. The largest absolute Gasteiger partial charge is 0.427 e. The molecular weight excluding hydrogens is 199 g/mol. The van der Waals surface area contributed by atoms with Crippen LogP contribution in [0.4, 0.5) is 0 Å². The normalized spacial score (nSPS) is 27.2. The molecule has 1 heterocycles. The molecule has 1 fully saturated rings. The zero-order valence-corrected chi connectivity index (χ0v) is 8.94. The quantitative estimate of drug-likeness (QED) is 0.705. The summed E-state index contributed by atoms with van der Waals surface area (Å²) in [5.74, 6) is 0.799. The van der Waals surface area contributed by atoms with Gasteiger partial charge in [0.1, 0.15) is 5.75 Å². The number of hydrogen-bond acceptors (Lipinski definition) is 3. The third kappa shape index (κ3) is 2.68. The molecule has 0 amide bonds. The van der Waals surface area contributed by atoms with Crippen molar-refractivity contribution in [3.63, 3.8) is 0 Å². The zero-order valence-electron chi connectivity index (χ0n) is 8.05. The van der Waals surface area contributed by atoms with Crippen LogP contribution in [0.15, 0.2) is 30.3 Å². The van der Waals surface area contributed by atoms with Gasteiger partial charge in [-0.05, 0) is 25.5 Å². The first-order valence-corrected chi connectivity index (χ1v) is 5.77. The highest BCUT2D eigenvalue weighted by atomic mass is 31.2. The Labute approximate surface area is 85.0 Å². The highest BCUT2D eigenvalue weighted by Crippen LogP contribution is 2.44. The van der Waals surface area contributed by atoms with Crippen LogP contribution in [-0.4, -0.2) is 12.7 Å². The van der Waals surface area contributed by atoms with Gasteiger partial charge in [0.25, 0.3) is 0 Å². The molecule has 2 atom stereocenters. The van der Waals surface area contributed by atoms with E-state index in [1.54, 1.807) is 0 Å². The van der Waals surface area contributed by atoms with Gasteiger partial charge in [0.05, 0.1) is 12.7 Å². The molecule has 1 saturated heterocycles. The van der Waals surface area contributed by atoms with E-state index in [9.17, 15) is 0 Å². The molecule has 14 heavy (non-hydrogen) atoms. The van der Waals surface area contributed by atoms with Crippen LogP contribution in [0.1, 0.15) is 13.3 Å². The molecule has 0 bridgehead atoms. The molecular formula is C10H13O3P. The summed E-state index contributed by atoms with van der Waals surface area (Å²) in [6.07, 6.45) is 1.18. The van der Waals surface area contributed by atoms with Crippen molar-refractivity contribution in [3.8, 4) is 5.75 Å². The molecule has 4 heteroatoms. The number of para-hydroxylation sites is 1. The van der Waals surface area contributed by atoms with Crippen molar-refractivity contribution in [1.29, 1.82) is 0 Å². The summed E-state index contributed by atoms with van der Waals surface area (Å²) in [6, 6.07) is 9.60. The molecule has 0 radical (unpaired) electrons. The van der Waals surface area contributed by atoms with Crippen molar-refractivity contribution in [2.24, 2.45) is 0 Å². The van der Waals surface area contributed by atoms with Crippen LogP contribution in [-0.2, 0) is 9.05 Å². The van der Waals surface area contributed by atoms with Crippen molar-refractivity contribution in [3.05, 3.63) is 30.3 Å². The lowest BCUT2D eigenvalue weighted by Crippen LogP contribution is -2.16. The Morgan fingerprint density at radius 3 is 2.86 bits per heavy atom. The Bertz CT molecular complexity index is 278. The molecule has 1 aromatic carbocycles. The summed E-state index contributed by atoms with van der Waals surface area (Å²) in [5, 5.41) is 0. The van der Waals surface area contributed by atoms with E-state index in [2.05, 4.69) is 0 Å². The van der Waals surface area contributed by atoms with Gasteiger partial charge in [0, 0.05) is 0 Å². The summed E-state index contributed by atoms with van der Waals surface area (Å²) in [4.78, 5) is 0. The first-order valence-electron chi connectivity index (χ1n) is 4.67. The summed E-state index contributed by atoms with van der Waals surface area (Å²) < 4.78 is 16.4. The predicted molar refractivity (Wildman–Crippen MR) is 55.1 cm³/mol. The number of hydrogen-bond donors (Lipinski definition) is 0. The SMILES string of the molecule is C[C@H]1CCO[P@](Oc2ccccc2)O1. The van der Waals surface area contributed by atoms with Crippen LogP contribution in [0, 0.1) is 0 Å². The van der Waals surface area contributed by atoms with E-state index in [1.807, 2.05) is 37.3 Å². The van der Waals surface area contributed by atoms with Crippen molar-refractivity contribution < 1.29 is 13.6 Å². The van der Waals surface area contributed by atoms with Crippen LogP contribution in [0.3, 0.4) is 0 Å². The van der Waals surface area contributed by atoms with E-state index in [0.29, 0.717) is 0 Å². The molecule has 2 rings (SSSR count). The zero-order chi connectivity index (χ0) is 9.80. The molecule has 0 aliphatic carbocycles. The van der Waals surface area contributed by atoms with Crippen LogP contribution in [0.2, 0.25) is 0 Å². The van der Waals surface area contributed by atoms with Crippen molar-refractivity contribution in [2.45, 2.75) is 19.4 Å². The van der Waals surface area contributed by atoms with Crippen LogP contribution >= 0.6 is 8.60 Å². The van der Waals surface area contributed by atoms with Gasteiger partial charge in [0.2, 0.25) is 0 Å². The molecule has 1 aromatic rings. The average molecular weight is 212 g/mol. The van der Waals surface area contributed by atoms with E-state index in [1.165, 1.54) is 0 Å². The summed E-state index contributed by atoms with van der Waals surface area (Å²) in [5.41, 5.74) is 0. The third-order valence-corrected chi connectivity index (χ3v) is 3.20. The van der Waals surface area contributed by atoms with Gasteiger partial charge in [0.15, 0.2) is 0 Å². The molecule has 0 spiro atoms. The molecule has 1 aliphatic heterocycles. The molecule has 0 aromatic heterocycles. The highest BCUT2D eigenvalue weighted by molar-refractivity contribution is 7.42. The van der Waals surface area contributed by atoms with E-state index in [-0.39, 0.29) is 6.10 Å². The highest BCUT2D eigenvalue weighted by Gasteiger charge is 2.23. The monoisotopic (exact) mass is 212 g/mol. The standard InChI is InChI=1S/C10H13O3P/c1-9-7-8-11-14(12-9)13-10-5-3-2-4-6-10/h2-6,9H,7-8H2,1H3/t9-,14-/m0/s1. The second-order valence-corrected chi connectivity index (χ2v) is 4.26. The van der Waals surface area contributed by atoms with Crippen LogP contribution < -0.4 is 4.52 Å². The maximum Gasteiger partial charge on any atom is 0.397 e. The van der Waals surface area contributed by atoms with Crippen molar-refractivity contribution in [2.75, 3.05) is 6.61 Å². The van der Waals surface area contributed by atoms with Gasteiger partial charge in [-0.1, -0.05) is 18.2 Å². The van der Waals surface area contributed by atoms with Gasteiger partial charge in [-0.3, -0.25) is 4.52 Å². The fourth-order valence-electron chi connectivity index (χ4n) is 1.14. The molecule has 0 N–H and O–H groups in total. The van der Waals surface area contributed by atoms with Gasteiger partial charge in [-0.25, -0.2) is 0 Å². The lowest BCUT2D eigenvalue weighted by atomic mass is 10.3. The molecule has 3 nitrogen and oxygen atoms in total. The smallest absolute Gasteiger partial charge is 0.397 e. The molecule has 0 saturated carbocycles. The first kappa shape index (κ1) is 9.91. The predicted octanol–water partition coefficient (Wildman–Crippen LogP) is 3.12. The van der Waals surface area contributed by atoms with Gasteiger partial charge >= 0.3 is 8.60 Å². The molecule has 0 unspecified atom stereocenters. The van der Waals surface area contributed by atoms with E-state index >= 15 is 0 Å². The summed E-state index contributed by atoms with van der Waals surface area (Å²) in [6.45, 7) is 2.76. The Morgan fingerprint density at radius 2 is 2.14 bits per heavy atom. The fourth-order valence-corrected chi connectivity index (χ4v) is 2.24. The van der Waals surface area contributed by atoms with E-state index in [4.69, 9.17) is 13.6 Å². The van der Waals surface area contributed by atoms with Crippen molar-refractivity contribution >= 4 is 8.60 Å². The minimum absolute atomic E-state index is 0.235. The lowest BCUT2D eigenvalue weighted by Gasteiger charge is -2.25. The maximum atomic E-state index is 5.55. The van der Waals surface area contributed by atoms with Crippen molar-refractivity contribution in [1.82, 2.24) is 0 Å². The minimum Gasteiger partial charge on any atom is -0.427 e. The lowest BCUT2D eigenvalue weighted by molar-refractivity contribution is 0.0936. The van der Waals surface area contributed by atoms with Crippen LogP contribution in [0.5, 0.6) is 5.75 Å². The molecule has 1 aliphatic rings. The molecule has 76 valence electrons. The average Bonchev–Trinajstić information content (AvgIpc) is 2.19. The number of rotatable bonds is 2. The first-order chi connectivity index (χ1) is 6.84. The fraction of sp³-hybridized carbons (Fsp3) is 0.400. The second kappa shape index (κ2) is 4.74. The van der Waals surface area contributed by atoms with Gasteiger partial charge in [-0.2, -0.15) is 0 Å². The number of benzene rings is 1. The van der Waals surface area contributed by atoms with Gasteiger partial charge in [-0.15, -0.1) is 0 Å². The minimum atomic E-state index is -1.19. The van der Waals surface area contributed by atoms with E-state index < -0.39 is 8.60 Å². The summed E-state index contributed by atoms with van der Waals surface area (Å²) in [7, 11) is -1.19. The maximum absolute atomic E-state index is 5.55. The van der Waals surface area contributed by atoms with Gasteiger partial charge < -0.3 is 9.05 Å². The van der Waals surface area contributed by atoms with E-state index in [0.717, 1.165) is 18.8 Å². The Balaban J connectivity index is 1.91.